The Labute approximate surface area is 96.1 Å². The van der Waals surface area contributed by atoms with Crippen molar-refractivity contribution in [2.45, 2.75) is 19.1 Å². The lowest BCUT2D eigenvalue weighted by Gasteiger charge is -2.06. The summed E-state index contributed by atoms with van der Waals surface area (Å²) in [4.78, 5) is 8.63. The number of hydrogen-bond donors (Lipinski definition) is 1. The first-order chi connectivity index (χ1) is 6.19. The molecule has 0 aliphatic carbocycles. The Morgan fingerprint density at radius 1 is 1.46 bits per heavy atom. The number of halogens is 1. The monoisotopic (exact) mass is 309 g/mol. The molecule has 3 nitrogen and oxygen atoms in total. The van der Waals surface area contributed by atoms with Gasteiger partial charge in [0.15, 0.2) is 0 Å². The predicted octanol–water partition coefficient (Wildman–Crippen LogP) is 2.09. The standard InChI is InChI=1S/C8H12IN3S/c1-3-5-7(9)8(10)12-6(11-5)4-13-2/h3-4H2,1-2H3,(H2,10,11,12). The topological polar surface area (TPSA) is 51.8 Å². The molecule has 0 bridgehead atoms. The summed E-state index contributed by atoms with van der Waals surface area (Å²) in [6.07, 6.45) is 2.94. The zero-order valence-corrected chi connectivity index (χ0v) is 10.6. The molecule has 13 heavy (non-hydrogen) atoms. The van der Waals surface area contributed by atoms with Gasteiger partial charge in [-0.05, 0) is 35.3 Å². The van der Waals surface area contributed by atoms with Crippen LogP contribution in [0.5, 0.6) is 0 Å². The molecular weight excluding hydrogens is 297 g/mol. The summed E-state index contributed by atoms with van der Waals surface area (Å²) in [7, 11) is 0. The molecule has 1 rings (SSSR count). The van der Waals surface area contributed by atoms with E-state index in [0.717, 1.165) is 27.3 Å². The normalized spacial score (nSPS) is 10.4. The molecule has 0 atom stereocenters. The molecule has 1 aromatic rings. The van der Waals surface area contributed by atoms with Gasteiger partial charge in [-0.25, -0.2) is 9.97 Å². The van der Waals surface area contributed by atoms with E-state index in [2.05, 4.69) is 39.5 Å². The highest BCUT2D eigenvalue weighted by atomic mass is 127. The molecule has 0 aliphatic heterocycles. The lowest BCUT2D eigenvalue weighted by molar-refractivity contribution is 0.934. The number of aromatic nitrogens is 2. The summed E-state index contributed by atoms with van der Waals surface area (Å²) in [5.74, 6) is 2.27. The highest BCUT2D eigenvalue weighted by Crippen LogP contribution is 2.18. The van der Waals surface area contributed by atoms with Crippen LogP contribution in [-0.2, 0) is 12.2 Å². The number of rotatable bonds is 3. The Balaban J connectivity index is 3.06. The Morgan fingerprint density at radius 3 is 2.69 bits per heavy atom. The van der Waals surface area contributed by atoms with Crippen LogP contribution in [0.15, 0.2) is 0 Å². The van der Waals surface area contributed by atoms with Gasteiger partial charge in [0.05, 0.1) is 15.0 Å². The van der Waals surface area contributed by atoms with Gasteiger partial charge in [0, 0.05) is 0 Å². The third-order valence-corrected chi connectivity index (χ3v) is 3.32. The van der Waals surface area contributed by atoms with Gasteiger partial charge in [-0.1, -0.05) is 6.92 Å². The molecule has 1 heterocycles. The van der Waals surface area contributed by atoms with Crippen LogP contribution < -0.4 is 5.73 Å². The maximum absolute atomic E-state index is 5.76. The highest BCUT2D eigenvalue weighted by molar-refractivity contribution is 14.1. The number of anilines is 1. The van der Waals surface area contributed by atoms with Crippen LogP contribution in [0.3, 0.4) is 0 Å². The predicted molar refractivity (Wildman–Crippen MR) is 65.8 cm³/mol. The van der Waals surface area contributed by atoms with Gasteiger partial charge in [0.1, 0.15) is 11.6 Å². The largest absolute Gasteiger partial charge is 0.383 e. The average Bonchev–Trinajstić information content (AvgIpc) is 2.11. The fourth-order valence-electron chi connectivity index (χ4n) is 0.994. The minimum atomic E-state index is 0.608. The van der Waals surface area contributed by atoms with Crippen molar-refractivity contribution in [1.29, 1.82) is 0 Å². The second-order valence-electron chi connectivity index (χ2n) is 2.57. The van der Waals surface area contributed by atoms with Gasteiger partial charge >= 0.3 is 0 Å². The van der Waals surface area contributed by atoms with E-state index in [1.807, 2.05) is 6.26 Å². The molecule has 72 valence electrons. The number of thioether (sulfide) groups is 1. The Kier molecular flexibility index (Phi) is 4.24. The zero-order valence-electron chi connectivity index (χ0n) is 7.67. The van der Waals surface area contributed by atoms with Crippen molar-refractivity contribution in [3.05, 3.63) is 15.1 Å². The fourth-order valence-corrected chi connectivity index (χ4v) is 2.00. The van der Waals surface area contributed by atoms with E-state index in [1.165, 1.54) is 0 Å². The summed E-state index contributed by atoms with van der Waals surface area (Å²) < 4.78 is 0.991. The van der Waals surface area contributed by atoms with Crippen LogP contribution in [-0.4, -0.2) is 16.2 Å². The summed E-state index contributed by atoms with van der Waals surface area (Å²) in [6, 6.07) is 0. The van der Waals surface area contributed by atoms with Crippen LogP contribution >= 0.6 is 34.4 Å². The number of nitrogens with two attached hydrogens (primary N) is 1. The first kappa shape index (κ1) is 11.0. The smallest absolute Gasteiger partial charge is 0.140 e. The minimum absolute atomic E-state index is 0.608. The maximum Gasteiger partial charge on any atom is 0.140 e. The van der Waals surface area contributed by atoms with E-state index in [-0.39, 0.29) is 0 Å². The van der Waals surface area contributed by atoms with Crippen LogP contribution in [0.4, 0.5) is 5.82 Å². The second-order valence-corrected chi connectivity index (χ2v) is 4.52. The third kappa shape index (κ3) is 2.70. The molecule has 1 aromatic heterocycles. The molecule has 5 heteroatoms. The number of hydrogen-bond acceptors (Lipinski definition) is 4. The molecule has 0 aliphatic rings. The zero-order chi connectivity index (χ0) is 9.84. The lowest BCUT2D eigenvalue weighted by atomic mass is 10.3. The molecule has 0 unspecified atom stereocenters. The van der Waals surface area contributed by atoms with Crippen molar-refractivity contribution in [3.63, 3.8) is 0 Å². The summed E-state index contributed by atoms with van der Waals surface area (Å²) in [5.41, 5.74) is 6.81. The van der Waals surface area contributed by atoms with Crippen molar-refractivity contribution >= 4 is 40.2 Å². The Hall–Kier alpha value is -0.0400. The lowest BCUT2D eigenvalue weighted by Crippen LogP contribution is -2.05. The number of aryl methyl sites for hydroxylation is 1. The quantitative estimate of drug-likeness (QED) is 0.869. The molecule has 0 spiro atoms. The van der Waals surface area contributed by atoms with E-state index >= 15 is 0 Å². The van der Waals surface area contributed by atoms with E-state index < -0.39 is 0 Å². The first-order valence-corrected chi connectivity index (χ1v) is 6.46. The van der Waals surface area contributed by atoms with Crippen LogP contribution in [0.25, 0.3) is 0 Å². The van der Waals surface area contributed by atoms with Gasteiger partial charge in [0.2, 0.25) is 0 Å². The van der Waals surface area contributed by atoms with Crippen molar-refractivity contribution in [2.75, 3.05) is 12.0 Å². The van der Waals surface area contributed by atoms with E-state index in [0.29, 0.717) is 5.82 Å². The van der Waals surface area contributed by atoms with Gasteiger partial charge < -0.3 is 5.73 Å². The molecule has 0 saturated heterocycles. The molecule has 0 fully saturated rings. The van der Waals surface area contributed by atoms with Crippen LogP contribution in [0.1, 0.15) is 18.4 Å². The summed E-state index contributed by atoms with van der Waals surface area (Å²) >= 11 is 3.90. The van der Waals surface area contributed by atoms with Crippen molar-refractivity contribution in [2.24, 2.45) is 0 Å². The fraction of sp³-hybridized carbons (Fsp3) is 0.500. The molecule has 0 radical (unpaired) electrons. The van der Waals surface area contributed by atoms with Gasteiger partial charge in [0.25, 0.3) is 0 Å². The van der Waals surface area contributed by atoms with Crippen molar-refractivity contribution in [1.82, 2.24) is 9.97 Å². The van der Waals surface area contributed by atoms with E-state index in [4.69, 9.17) is 5.73 Å². The van der Waals surface area contributed by atoms with Crippen LogP contribution in [0, 0.1) is 3.57 Å². The Bertz CT molecular complexity index is 304. The average molecular weight is 309 g/mol. The van der Waals surface area contributed by atoms with E-state index in [9.17, 15) is 0 Å². The van der Waals surface area contributed by atoms with E-state index in [1.54, 1.807) is 11.8 Å². The molecule has 0 saturated carbocycles. The third-order valence-electron chi connectivity index (χ3n) is 1.60. The number of nitrogens with zero attached hydrogens (tertiary/aromatic N) is 2. The first-order valence-electron chi connectivity index (χ1n) is 3.98. The highest BCUT2D eigenvalue weighted by Gasteiger charge is 2.07. The van der Waals surface area contributed by atoms with Crippen LogP contribution in [0.2, 0.25) is 0 Å². The molecule has 0 aromatic carbocycles. The van der Waals surface area contributed by atoms with Crippen molar-refractivity contribution in [3.8, 4) is 0 Å². The summed E-state index contributed by atoms with van der Waals surface area (Å²) in [6.45, 7) is 2.08. The Morgan fingerprint density at radius 2 is 2.15 bits per heavy atom. The summed E-state index contributed by atoms with van der Waals surface area (Å²) in [5, 5.41) is 0. The molecule has 0 amide bonds. The number of nitrogen functional groups attached to an aromatic ring is 1. The maximum atomic E-state index is 5.76. The second kappa shape index (κ2) is 4.99. The SMILES string of the molecule is CCc1nc(CSC)nc(N)c1I. The molecule has 2 N–H and O–H groups in total. The van der Waals surface area contributed by atoms with Gasteiger partial charge in [-0.15, -0.1) is 0 Å². The molecular formula is C8H12IN3S. The van der Waals surface area contributed by atoms with Gasteiger partial charge in [-0.2, -0.15) is 11.8 Å². The van der Waals surface area contributed by atoms with Crippen molar-refractivity contribution < 1.29 is 0 Å². The minimum Gasteiger partial charge on any atom is -0.383 e. The van der Waals surface area contributed by atoms with Gasteiger partial charge in [-0.3, -0.25) is 0 Å².